The molecule has 1 unspecified atom stereocenters. The third-order valence-electron chi connectivity index (χ3n) is 5.74. The van der Waals surface area contributed by atoms with Crippen molar-refractivity contribution in [1.82, 2.24) is 9.97 Å². The van der Waals surface area contributed by atoms with Crippen LogP contribution in [0, 0.1) is 5.92 Å². The lowest BCUT2D eigenvalue weighted by atomic mass is 10.0. The van der Waals surface area contributed by atoms with E-state index in [-0.39, 0.29) is 5.97 Å². The van der Waals surface area contributed by atoms with Crippen LogP contribution in [0.2, 0.25) is 0 Å². The Morgan fingerprint density at radius 2 is 1.48 bits per heavy atom. The summed E-state index contributed by atoms with van der Waals surface area (Å²) in [6, 6.07) is 15.3. The third-order valence-corrected chi connectivity index (χ3v) is 5.74. The number of esters is 1. The van der Waals surface area contributed by atoms with Gasteiger partial charge in [0, 0.05) is 29.9 Å². The lowest BCUT2D eigenvalue weighted by Crippen LogP contribution is -2.09. The molecular weight excluding hydrogens is 412 g/mol. The van der Waals surface area contributed by atoms with E-state index in [2.05, 4.69) is 30.7 Å². The largest absolute Gasteiger partial charge is 0.494 e. The minimum atomic E-state index is -0.187. The number of benzene rings is 2. The predicted octanol–water partition coefficient (Wildman–Crippen LogP) is 7.11. The number of ether oxygens (including phenoxy) is 2. The van der Waals surface area contributed by atoms with Gasteiger partial charge in [0.2, 0.25) is 0 Å². The van der Waals surface area contributed by atoms with Crippen molar-refractivity contribution in [2.45, 2.75) is 59.3 Å². The van der Waals surface area contributed by atoms with E-state index >= 15 is 0 Å². The zero-order valence-electron chi connectivity index (χ0n) is 19.9. The second-order valence-electron chi connectivity index (χ2n) is 8.43. The fraction of sp³-hybridized carbons (Fsp3) is 0.393. The van der Waals surface area contributed by atoms with Crippen LogP contribution in [0.4, 0.5) is 0 Å². The van der Waals surface area contributed by atoms with Crippen molar-refractivity contribution >= 4 is 5.97 Å². The average molecular weight is 447 g/mol. The van der Waals surface area contributed by atoms with Crippen molar-refractivity contribution in [2.24, 2.45) is 5.92 Å². The molecule has 5 heteroatoms. The third kappa shape index (κ3) is 7.70. The molecule has 2 aromatic carbocycles. The summed E-state index contributed by atoms with van der Waals surface area (Å²) in [5, 5.41) is 0. The van der Waals surface area contributed by atoms with Crippen LogP contribution in [0.5, 0.6) is 11.5 Å². The molecule has 0 spiro atoms. The van der Waals surface area contributed by atoms with Crippen LogP contribution in [-0.2, 0) is 4.79 Å². The zero-order valence-corrected chi connectivity index (χ0v) is 19.9. The number of hydrogen-bond donors (Lipinski definition) is 0. The Kier molecular flexibility index (Phi) is 9.43. The van der Waals surface area contributed by atoms with Gasteiger partial charge < -0.3 is 9.47 Å². The van der Waals surface area contributed by atoms with E-state index in [1.807, 2.05) is 60.9 Å². The van der Waals surface area contributed by atoms with Crippen LogP contribution in [0.25, 0.3) is 22.5 Å². The molecule has 1 atom stereocenters. The van der Waals surface area contributed by atoms with Gasteiger partial charge in [0.05, 0.1) is 6.61 Å². The highest BCUT2D eigenvalue weighted by molar-refractivity contribution is 5.73. The smallest absolute Gasteiger partial charge is 0.311 e. The zero-order chi connectivity index (χ0) is 23.5. The van der Waals surface area contributed by atoms with Gasteiger partial charge in [-0.3, -0.25) is 4.79 Å². The van der Waals surface area contributed by atoms with Crippen molar-refractivity contribution in [3.8, 4) is 34.0 Å². The molecule has 0 bridgehead atoms. The molecule has 1 aromatic heterocycles. The number of carbonyl (C=O) groups excluding carboxylic acids is 1. The summed E-state index contributed by atoms with van der Waals surface area (Å²) in [5.74, 6) is 2.44. The Labute approximate surface area is 197 Å². The van der Waals surface area contributed by atoms with E-state index in [1.165, 1.54) is 12.8 Å². The van der Waals surface area contributed by atoms with Crippen LogP contribution in [0.15, 0.2) is 60.9 Å². The maximum absolute atomic E-state index is 12.0. The SMILES string of the molecule is CCCCCOc1ccc(-c2ncc(-c3ccc(OC(=O)CCC(C)CC)cc3)cn2)cc1. The van der Waals surface area contributed by atoms with E-state index < -0.39 is 0 Å². The Morgan fingerprint density at radius 1 is 0.848 bits per heavy atom. The first-order chi connectivity index (χ1) is 16.1. The highest BCUT2D eigenvalue weighted by atomic mass is 16.5. The first-order valence-electron chi connectivity index (χ1n) is 12.0. The monoisotopic (exact) mass is 446 g/mol. The van der Waals surface area contributed by atoms with Gasteiger partial charge >= 0.3 is 5.97 Å². The lowest BCUT2D eigenvalue weighted by Gasteiger charge is -2.09. The van der Waals surface area contributed by atoms with Crippen molar-refractivity contribution in [3.63, 3.8) is 0 Å². The topological polar surface area (TPSA) is 61.3 Å². The Morgan fingerprint density at radius 3 is 2.12 bits per heavy atom. The maximum atomic E-state index is 12.0. The standard InChI is InChI=1S/C28H34N2O3/c1-4-6-7-18-32-25-13-11-23(12-14-25)28-29-19-24(20-30-28)22-9-15-26(16-10-22)33-27(31)17-8-21(3)5-2/h9-16,19-21H,4-8,17-18H2,1-3H3. The van der Waals surface area contributed by atoms with E-state index in [4.69, 9.17) is 9.47 Å². The van der Waals surface area contributed by atoms with Crippen LogP contribution < -0.4 is 9.47 Å². The summed E-state index contributed by atoms with van der Waals surface area (Å²) in [5.41, 5.74) is 2.82. The van der Waals surface area contributed by atoms with E-state index in [9.17, 15) is 4.79 Å². The summed E-state index contributed by atoms with van der Waals surface area (Å²) < 4.78 is 11.2. The fourth-order valence-corrected chi connectivity index (χ4v) is 3.33. The molecule has 0 fully saturated rings. The summed E-state index contributed by atoms with van der Waals surface area (Å²) in [6.07, 6.45) is 9.43. The summed E-state index contributed by atoms with van der Waals surface area (Å²) >= 11 is 0. The lowest BCUT2D eigenvalue weighted by molar-refractivity contribution is -0.134. The van der Waals surface area contributed by atoms with E-state index in [1.54, 1.807) is 0 Å². The van der Waals surface area contributed by atoms with Crippen molar-refractivity contribution in [1.29, 1.82) is 0 Å². The molecule has 174 valence electrons. The van der Waals surface area contributed by atoms with Gasteiger partial charge in [-0.1, -0.05) is 52.2 Å². The van der Waals surface area contributed by atoms with Gasteiger partial charge in [0.15, 0.2) is 5.82 Å². The summed E-state index contributed by atoms with van der Waals surface area (Å²) in [6.45, 7) is 7.21. The molecule has 5 nitrogen and oxygen atoms in total. The molecule has 1 heterocycles. The van der Waals surface area contributed by atoms with E-state index in [0.29, 0.717) is 23.9 Å². The van der Waals surface area contributed by atoms with Gasteiger partial charge in [0.1, 0.15) is 11.5 Å². The first kappa shape index (κ1) is 24.4. The van der Waals surface area contributed by atoms with Gasteiger partial charge in [-0.05, 0) is 60.7 Å². The van der Waals surface area contributed by atoms with Crippen molar-refractivity contribution in [2.75, 3.05) is 6.61 Å². The molecule has 0 aliphatic carbocycles. The Balaban J connectivity index is 1.56. The van der Waals surface area contributed by atoms with Gasteiger partial charge in [-0.2, -0.15) is 0 Å². The molecule has 3 aromatic rings. The number of aromatic nitrogens is 2. The number of nitrogens with zero attached hydrogens (tertiary/aromatic N) is 2. The average Bonchev–Trinajstić information content (AvgIpc) is 2.86. The van der Waals surface area contributed by atoms with E-state index in [0.717, 1.165) is 48.3 Å². The molecule has 0 aliphatic rings. The molecule has 3 rings (SSSR count). The quantitative estimate of drug-likeness (QED) is 0.168. The van der Waals surface area contributed by atoms with Crippen LogP contribution >= 0.6 is 0 Å². The molecule has 0 radical (unpaired) electrons. The number of hydrogen-bond acceptors (Lipinski definition) is 5. The van der Waals surface area contributed by atoms with Gasteiger partial charge in [0.25, 0.3) is 0 Å². The normalized spacial score (nSPS) is 11.7. The highest BCUT2D eigenvalue weighted by Gasteiger charge is 2.09. The molecule has 0 amide bonds. The Hall–Kier alpha value is -3.21. The molecular formula is C28H34N2O3. The van der Waals surface area contributed by atoms with Crippen LogP contribution in [-0.4, -0.2) is 22.5 Å². The molecule has 0 saturated carbocycles. The minimum Gasteiger partial charge on any atom is -0.494 e. The molecule has 33 heavy (non-hydrogen) atoms. The summed E-state index contributed by atoms with van der Waals surface area (Å²) in [7, 11) is 0. The van der Waals surface area contributed by atoms with Crippen LogP contribution in [0.1, 0.15) is 59.3 Å². The van der Waals surface area contributed by atoms with Crippen molar-refractivity contribution < 1.29 is 14.3 Å². The van der Waals surface area contributed by atoms with Gasteiger partial charge in [-0.15, -0.1) is 0 Å². The second-order valence-corrected chi connectivity index (χ2v) is 8.43. The van der Waals surface area contributed by atoms with Crippen molar-refractivity contribution in [3.05, 3.63) is 60.9 Å². The second kappa shape index (κ2) is 12.7. The maximum Gasteiger partial charge on any atom is 0.311 e. The number of unbranched alkanes of at least 4 members (excludes halogenated alkanes) is 2. The fourth-order valence-electron chi connectivity index (χ4n) is 3.33. The Bertz CT molecular complexity index is 983. The molecule has 0 saturated heterocycles. The number of rotatable bonds is 12. The summed E-state index contributed by atoms with van der Waals surface area (Å²) in [4.78, 5) is 21.1. The van der Waals surface area contributed by atoms with Gasteiger partial charge in [-0.25, -0.2) is 9.97 Å². The highest BCUT2D eigenvalue weighted by Crippen LogP contribution is 2.24. The minimum absolute atomic E-state index is 0.187. The first-order valence-corrected chi connectivity index (χ1v) is 12.0. The molecule has 0 aliphatic heterocycles. The predicted molar refractivity (Wildman–Crippen MR) is 132 cm³/mol. The van der Waals surface area contributed by atoms with Crippen LogP contribution in [0.3, 0.4) is 0 Å². The molecule has 0 N–H and O–H groups in total. The number of carbonyl (C=O) groups is 1.